The fraction of sp³-hybridized carbons (Fsp3) is 0.722. The summed E-state index contributed by atoms with van der Waals surface area (Å²) in [6.45, 7) is 11.8. The predicted molar refractivity (Wildman–Crippen MR) is 93.4 cm³/mol. The highest BCUT2D eigenvalue weighted by molar-refractivity contribution is 5.56. The molecule has 1 fully saturated rings. The summed E-state index contributed by atoms with van der Waals surface area (Å²) in [5, 5.41) is 21.5. The Hall–Kier alpha value is -1.67. The van der Waals surface area contributed by atoms with Gasteiger partial charge in [0, 0.05) is 19.1 Å². The maximum Gasteiger partial charge on any atom is 0.167 e. The number of hydrogen-bond donors (Lipinski definition) is 1. The van der Waals surface area contributed by atoms with Crippen LogP contribution in [0.5, 0.6) is 0 Å². The summed E-state index contributed by atoms with van der Waals surface area (Å²) in [6, 6.07) is 2.86. The van der Waals surface area contributed by atoms with Gasteiger partial charge in [-0.25, -0.2) is 0 Å². The predicted octanol–water partition coefficient (Wildman–Crippen LogP) is 3.01. The van der Waals surface area contributed by atoms with Crippen LogP contribution >= 0.6 is 0 Å². The number of rotatable bonds is 7. The van der Waals surface area contributed by atoms with Gasteiger partial charge < -0.3 is 5.32 Å². The molecule has 1 atom stereocenters. The van der Waals surface area contributed by atoms with Gasteiger partial charge in [-0.3, -0.25) is 4.90 Å². The number of aromatic nitrogens is 2. The van der Waals surface area contributed by atoms with E-state index >= 15 is 0 Å². The summed E-state index contributed by atoms with van der Waals surface area (Å²) in [5.41, 5.74) is 2.66. The van der Waals surface area contributed by atoms with E-state index in [0.29, 0.717) is 23.3 Å². The number of nitrogens with one attached hydrogen (secondary N) is 1. The maximum atomic E-state index is 9.55. The standard InChI is InChI=1S/C18H29N5/c1-5-15-16(10-19)18(22-21-17(15)6-2)20-11-14-8-7-9-23(14)12-13(3)4/h13-14H,5-9,11-12H2,1-4H3,(H,20,22)/t14-/m1/s1. The van der Waals surface area contributed by atoms with E-state index in [4.69, 9.17) is 0 Å². The molecular weight excluding hydrogens is 286 g/mol. The summed E-state index contributed by atoms with van der Waals surface area (Å²) >= 11 is 0. The first-order chi connectivity index (χ1) is 11.1. The largest absolute Gasteiger partial charge is 0.366 e. The molecular formula is C18H29N5. The quantitative estimate of drug-likeness (QED) is 0.838. The van der Waals surface area contributed by atoms with E-state index in [1.54, 1.807) is 0 Å². The second-order valence-corrected chi connectivity index (χ2v) is 6.73. The van der Waals surface area contributed by atoms with Gasteiger partial charge in [-0.2, -0.15) is 10.4 Å². The second kappa shape index (κ2) is 8.26. The third kappa shape index (κ3) is 4.20. The summed E-state index contributed by atoms with van der Waals surface area (Å²) in [4.78, 5) is 2.55. The van der Waals surface area contributed by atoms with E-state index in [1.807, 2.05) is 0 Å². The lowest BCUT2D eigenvalue weighted by atomic mass is 10.0. The van der Waals surface area contributed by atoms with Crippen LogP contribution in [0.25, 0.3) is 0 Å². The molecule has 0 spiro atoms. The Kier molecular flexibility index (Phi) is 6.35. The van der Waals surface area contributed by atoms with Gasteiger partial charge in [0.1, 0.15) is 11.6 Å². The first-order valence-corrected chi connectivity index (χ1v) is 8.87. The summed E-state index contributed by atoms with van der Waals surface area (Å²) in [5.74, 6) is 1.33. The molecule has 1 saturated heterocycles. The normalized spacial score (nSPS) is 18.3. The fourth-order valence-electron chi connectivity index (χ4n) is 3.47. The van der Waals surface area contributed by atoms with Crippen molar-refractivity contribution in [2.75, 3.05) is 25.0 Å². The monoisotopic (exact) mass is 315 g/mol. The van der Waals surface area contributed by atoms with Gasteiger partial charge in [0.25, 0.3) is 0 Å². The Balaban J connectivity index is 2.10. The third-order valence-electron chi connectivity index (χ3n) is 4.56. The van der Waals surface area contributed by atoms with Gasteiger partial charge >= 0.3 is 0 Å². The molecule has 0 saturated carbocycles. The molecule has 0 aliphatic carbocycles. The molecule has 1 aromatic heterocycles. The molecule has 1 N–H and O–H groups in total. The molecule has 5 nitrogen and oxygen atoms in total. The minimum absolute atomic E-state index is 0.529. The molecule has 23 heavy (non-hydrogen) atoms. The number of likely N-dealkylation sites (tertiary alicyclic amines) is 1. The number of anilines is 1. The van der Waals surface area contributed by atoms with Gasteiger partial charge in [-0.15, -0.1) is 5.10 Å². The van der Waals surface area contributed by atoms with Crippen LogP contribution in [0.3, 0.4) is 0 Å². The molecule has 1 aliphatic heterocycles. The molecule has 1 aliphatic rings. The summed E-state index contributed by atoms with van der Waals surface area (Å²) in [7, 11) is 0. The number of nitrogens with zero attached hydrogens (tertiary/aromatic N) is 4. The Labute approximate surface area is 140 Å². The zero-order valence-electron chi connectivity index (χ0n) is 14.9. The van der Waals surface area contributed by atoms with E-state index in [9.17, 15) is 5.26 Å². The van der Waals surface area contributed by atoms with Crippen LogP contribution in [0.2, 0.25) is 0 Å². The van der Waals surface area contributed by atoms with Gasteiger partial charge in [-0.1, -0.05) is 27.7 Å². The molecule has 0 unspecified atom stereocenters. The van der Waals surface area contributed by atoms with Crippen molar-refractivity contribution in [3.05, 3.63) is 16.8 Å². The molecule has 5 heteroatoms. The zero-order chi connectivity index (χ0) is 16.8. The zero-order valence-corrected chi connectivity index (χ0v) is 14.9. The molecule has 126 valence electrons. The highest BCUT2D eigenvalue weighted by Crippen LogP contribution is 2.22. The van der Waals surface area contributed by atoms with Crippen LogP contribution in [0.1, 0.15) is 57.4 Å². The highest BCUT2D eigenvalue weighted by atomic mass is 15.2. The van der Waals surface area contributed by atoms with E-state index in [2.05, 4.69) is 54.2 Å². The Morgan fingerprint density at radius 2 is 2.09 bits per heavy atom. The average Bonchev–Trinajstić information content (AvgIpc) is 2.97. The highest BCUT2D eigenvalue weighted by Gasteiger charge is 2.25. The molecule has 0 aromatic carbocycles. The number of aryl methyl sites for hydroxylation is 1. The number of hydrogen-bond acceptors (Lipinski definition) is 5. The minimum atomic E-state index is 0.529. The molecule has 0 radical (unpaired) electrons. The molecule has 0 amide bonds. The second-order valence-electron chi connectivity index (χ2n) is 6.73. The smallest absolute Gasteiger partial charge is 0.167 e. The van der Waals surface area contributed by atoms with Crippen molar-refractivity contribution in [2.24, 2.45) is 5.92 Å². The minimum Gasteiger partial charge on any atom is -0.366 e. The van der Waals surface area contributed by atoms with E-state index in [0.717, 1.165) is 37.2 Å². The Bertz CT molecular complexity index is 561. The average molecular weight is 315 g/mol. The van der Waals surface area contributed by atoms with Gasteiger partial charge in [0.2, 0.25) is 0 Å². The van der Waals surface area contributed by atoms with Crippen LogP contribution in [0.15, 0.2) is 0 Å². The maximum absolute atomic E-state index is 9.55. The topological polar surface area (TPSA) is 64.8 Å². The fourth-order valence-corrected chi connectivity index (χ4v) is 3.47. The molecule has 2 rings (SSSR count). The van der Waals surface area contributed by atoms with Crippen molar-refractivity contribution in [1.29, 1.82) is 5.26 Å². The van der Waals surface area contributed by atoms with Crippen molar-refractivity contribution in [1.82, 2.24) is 15.1 Å². The van der Waals surface area contributed by atoms with E-state index < -0.39 is 0 Å². The first-order valence-electron chi connectivity index (χ1n) is 8.87. The van der Waals surface area contributed by atoms with Crippen LogP contribution in [0, 0.1) is 17.2 Å². The lowest BCUT2D eigenvalue weighted by Crippen LogP contribution is -2.37. The molecule has 1 aromatic rings. The lowest BCUT2D eigenvalue weighted by Gasteiger charge is -2.26. The van der Waals surface area contributed by atoms with Gasteiger partial charge in [-0.05, 0) is 43.7 Å². The van der Waals surface area contributed by atoms with Crippen molar-refractivity contribution in [3.8, 4) is 6.07 Å². The SMILES string of the molecule is CCc1nnc(NC[C@H]2CCCN2CC(C)C)c(C#N)c1CC. The summed E-state index contributed by atoms with van der Waals surface area (Å²) in [6.07, 6.45) is 4.10. The van der Waals surface area contributed by atoms with Crippen LogP contribution in [-0.2, 0) is 12.8 Å². The lowest BCUT2D eigenvalue weighted by molar-refractivity contribution is 0.234. The Morgan fingerprint density at radius 3 is 2.70 bits per heavy atom. The van der Waals surface area contributed by atoms with Crippen molar-refractivity contribution < 1.29 is 0 Å². The van der Waals surface area contributed by atoms with Crippen molar-refractivity contribution in [2.45, 2.75) is 59.4 Å². The van der Waals surface area contributed by atoms with Gasteiger partial charge in [0.05, 0.1) is 5.69 Å². The molecule has 2 heterocycles. The van der Waals surface area contributed by atoms with E-state index in [-0.39, 0.29) is 0 Å². The third-order valence-corrected chi connectivity index (χ3v) is 4.56. The number of nitriles is 1. The van der Waals surface area contributed by atoms with Crippen molar-refractivity contribution in [3.63, 3.8) is 0 Å². The van der Waals surface area contributed by atoms with Gasteiger partial charge in [0.15, 0.2) is 5.82 Å². The van der Waals surface area contributed by atoms with Crippen LogP contribution in [0.4, 0.5) is 5.82 Å². The summed E-state index contributed by atoms with van der Waals surface area (Å²) < 4.78 is 0. The first kappa shape index (κ1) is 17.7. The Morgan fingerprint density at radius 1 is 1.30 bits per heavy atom. The molecule has 0 bridgehead atoms. The van der Waals surface area contributed by atoms with E-state index in [1.165, 1.54) is 19.4 Å². The van der Waals surface area contributed by atoms with Crippen molar-refractivity contribution >= 4 is 5.82 Å². The van der Waals surface area contributed by atoms with Crippen LogP contribution in [-0.4, -0.2) is 40.8 Å². The van der Waals surface area contributed by atoms with Crippen LogP contribution < -0.4 is 5.32 Å².